The zero-order chi connectivity index (χ0) is 17.2. The number of fused-ring (bicyclic) bond motifs is 1. The zero-order valence-corrected chi connectivity index (χ0v) is 14.9. The maximum atomic E-state index is 12.6. The largest absolute Gasteiger partial charge is 0.352 e. The molecule has 5 nitrogen and oxygen atoms in total. The molecule has 5 heteroatoms. The highest BCUT2D eigenvalue weighted by Crippen LogP contribution is 2.28. The number of para-hydroxylation sites is 1. The summed E-state index contributed by atoms with van der Waals surface area (Å²) in [6, 6.07) is 8.22. The minimum atomic E-state index is 0.276. The highest BCUT2D eigenvalue weighted by Gasteiger charge is 2.30. The van der Waals surface area contributed by atoms with Crippen LogP contribution in [0.25, 0.3) is 10.9 Å². The SMILES string of the molecule is CCc1nc(N2CCN(C(=O)C3CCCC3)CC2)c2ccccc2n1. The molecule has 2 fully saturated rings. The van der Waals surface area contributed by atoms with E-state index >= 15 is 0 Å². The fourth-order valence-electron chi connectivity index (χ4n) is 4.08. The van der Waals surface area contributed by atoms with Gasteiger partial charge in [0, 0.05) is 43.9 Å². The lowest BCUT2D eigenvalue weighted by atomic mass is 10.1. The molecule has 2 aromatic rings. The van der Waals surface area contributed by atoms with E-state index in [4.69, 9.17) is 4.98 Å². The molecule has 1 aromatic heterocycles. The molecule has 2 heterocycles. The summed E-state index contributed by atoms with van der Waals surface area (Å²) in [5.41, 5.74) is 1.01. The van der Waals surface area contributed by atoms with Gasteiger partial charge in [-0.05, 0) is 25.0 Å². The lowest BCUT2D eigenvalue weighted by Crippen LogP contribution is -2.50. The molecule has 1 aromatic carbocycles. The molecule has 1 saturated carbocycles. The minimum absolute atomic E-state index is 0.276. The number of hydrogen-bond donors (Lipinski definition) is 0. The molecule has 0 unspecified atom stereocenters. The summed E-state index contributed by atoms with van der Waals surface area (Å²) < 4.78 is 0. The van der Waals surface area contributed by atoms with Gasteiger partial charge < -0.3 is 9.80 Å². The number of aryl methyl sites for hydroxylation is 1. The smallest absolute Gasteiger partial charge is 0.225 e. The Morgan fingerprint density at radius 1 is 1.08 bits per heavy atom. The second kappa shape index (κ2) is 6.98. The van der Waals surface area contributed by atoms with Crippen LogP contribution in [-0.2, 0) is 11.2 Å². The number of hydrogen-bond acceptors (Lipinski definition) is 4. The normalized spacial score (nSPS) is 18.9. The van der Waals surface area contributed by atoms with E-state index in [0.29, 0.717) is 5.91 Å². The summed E-state index contributed by atoms with van der Waals surface area (Å²) >= 11 is 0. The number of amides is 1. The number of carbonyl (C=O) groups excluding carboxylic acids is 1. The number of carbonyl (C=O) groups is 1. The van der Waals surface area contributed by atoms with E-state index < -0.39 is 0 Å². The van der Waals surface area contributed by atoms with Crippen LogP contribution in [-0.4, -0.2) is 47.0 Å². The molecule has 0 bridgehead atoms. The number of aromatic nitrogens is 2. The van der Waals surface area contributed by atoms with E-state index in [2.05, 4.69) is 33.8 Å². The number of benzene rings is 1. The highest BCUT2D eigenvalue weighted by molar-refractivity contribution is 5.89. The molecule has 0 N–H and O–H groups in total. The van der Waals surface area contributed by atoms with Crippen molar-refractivity contribution >= 4 is 22.6 Å². The first kappa shape index (κ1) is 16.3. The van der Waals surface area contributed by atoms with Gasteiger partial charge in [0.05, 0.1) is 5.52 Å². The zero-order valence-electron chi connectivity index (χ0n) is 14.9. The Morgan fingerprint density at radius 2 is 1.80 bits per heavy atom. The summed E-state index contributed by atoms with van der Waals surface area (Å²) in [4.78, 5) is 26.5. The van der Waals surface area contributed by atoms with Crippen LogP contribution in [0, 0.1) is 5.92 Å². The van der Waals surface area contributed by atoms with Crippen LogP contribution < -0.4 is 4.90 Å². The van der Waals surface area contributed by atoms with Gasteiger partial charge in [0.2, 0.25) is 5.91 Å². The van der Waals surface area contributed by atoms with Crippen molar-refractivity contribution in [3.8, 4) is 0 Å². The van der Waals surface area contributed by atoms with Crippen LogP contribution in [0.4, 0.5) is 5.82 Å². The molecule has 1 aliphatic heterocycles. The van der Waals surface area contributed by atoms with Gasteiger partial charge in [-0.25, -0.2) is 9.97 Å². The second-order valence-corrected chi connectivity index (χ2v) is 7.13. The average molecular weight is 338 g/mol. The monoisotopic (exact) mass is 338 g/mol. The van der Waals surface area contributed by atoms with Crippen molar-refractivity contribution in [1.29, 1.82) is 0 Å². The van der Waals surface area contributed by atoms with Crippen molar-refractivity contribution in [2.75, 3.05) is 31.1 Å². The number of rotatable bonds is 3. The maximum Gasteiger partial charge on any atom is 0.225 e. The molecule has 1 saturated heterocycles. The predicted molar refractivity (Wildman–Crippen MR) is 99.7 cm³/mol. The molecular formula is C20H26N4O. The first-order valence-electron chi connectivity index (χ1n) is 9.55. The molecule has 0 radical (unpaired) electrons. The van der Waals surface area contributed by atoms with Crippen molar-refractivity contribution < 1.29 is 4.79 Å². The van der Waals surface area contributed by atoms with Gasteiger partial charge in [-0.15, -0.1) is 0 Å². The Labute approximate surface area is 149 Å². The molecule has 4 rings (SSSR count). The fourth-order valence-corrected chi connectivity index (χ4v) is 4.08. The first-order chi connectivity index (χ1) is 12.3. The fraction of sp³-hybridized carbons (Fsp3) is 0.550. The Bertz CT molecular complexity index is 761. The average Bonchev–Trinajstić information content (AvgIpc) is 3.21. The van der Waals surface area contributed by atoms with Crippen molar-refractivity contribution in [3.63, 3.8) is 0 Å². The highest BCUT2D eigenvalue weighted by atomic mass is 16.2. The Morgan fingerprint density at radius 3 is 2.52 bits per heavy atom. The van der Waals surface area contributed by atoms with Crippen molar-refractivity contribution in [2.45, 2.75) is 39.0 Å². The Kier molecular flexibility index (Phi) is 4.55. The molecule has 25 heavy (non-hydrogen) atoms. The standard InChI is InChI=1S/C20H26N4O/c1-2-18-21-17-10-6-5-9-16(17)19(22-18)23-11-13-24(14-12-23)20(25)15-7-3-4-8-15/h5-6,9-10,15H,2-4,7-8,11-14H2,1H3. The summed E-state index contributed by atoms with van der Waals surface area (Å²) in [6.07, 6.45) is 5.41. The molecule has 2 aliphatic rings. The minimum Gasteiger partial charge on any atom is -0.352 e. The summed E-state index contributed by atoms with van der Waals surface area (Å²) in [5.74, 6) is 2.56. The van der Waals surface area contributed by atoms with Gasteiger partial charge in [-0.2, -0.15) is 0 Å². The Balaban J connectivity index is 1.52. The topological polar surface area (TPSA) is 49.3 Å². The van der Waals surface area contributed by atoms with Crippen LogP contribution in [0.2, 0.25) is 0 Å². The van der Waals surface area contributed by atoms with Gasteiger partial charge in [-0.3, -0.25) is 4.79 Å². The molecule has 0 spiro atoms. The van der Waals surface area contributed by atoms with Crippen molar-refractivity contribution in [2.24, 2.45) is 5.92 Å². The summed E-state index contributed by atoms with van der Waals surface area (Å²) in [6.45, 7) is 5.39. The van der Waals surface area contributed by atoms with E-state index in [1.807, 2.05) is 12.1 Å². The molecule has 1 aliphatic carbocycles. The van der Waals surface area contributed by atoms with E-state index in [-0.39, 0.29) is 5.92 Å². The third-order valence-electron chi connectivity index (χ3n) is 5.54. The van der Waals surface area contributed by atoms with Crippen molar-refractivity contribution in [1.82, 2.24) is 14.9 Å². The number of nitrogens with zero attached hydrogens (tertiary/aromatic N) is 4. The third-order valence-corrected chi connectivity index (χ3v) is 5.54. The Hall–Kier alpha value is -2.17. The van der Waals surface area contributed by atoms with E-state index in [1.165, 1.54) is 12.8 Å². The first-order valence-corrected chi connectivity index (χ1v) is 9.55. The summed E-state index contributed by atoms with van der Waals surface area (Å²) in [5, 5.41) is 1.11. The van der Waals surface area contributed by atoms with Crippen LogP contribution in [0.3, 0.4) is 0 Å². The summed E-state index contributed by atoms with van der Waals surface area (Å²) in [7, 11) is 0. The van der Waals surface area contributed by atoms with Gasteiger partial charge in [0.1, 0.15) is 11.6 Å². The molecule has 1 amide bonds. The van der Waals surface area contributed by atoms with Gasteiger partial charge in [0.25, 0.3) is 0 Å². The second-order valence-electron chi connectivity index (χ2n) is 7.13. The molecule has 132 valence electrons. The number of piperazine rings is 1. The van der Waals surface area contributed by atoms with Crippen LogP contribution >= 0.6 is 0 Å². The lowest BCUT2D eigenvalue weighted by molar-refractivity contribution is -0.135. The quantitative estimate of drug-likeness (QED) is 0.863. The predicted octanol–water partition coefficient (Wildman–Crippen LogP) is 3.03. The lowest BCUT2D eigenvalue weighted by Gasteiger charge is -2.37. The van der Waals surface area contributed by atoms with Crippen LogP contribution in [0.1, 0.15) is 38.4 Å². The van der Waals surface area contributed by atoms with Gasteiger partial charge in [0.15, 0.2) is 0 Å². The van der Waals surface area contributed by atoms with Crippen LogP contribution in [0.15, 0.2) is 24.3 Å². The van der Waals surface area contributed by atoms with E-state index in [1.54, 1.807) is 0 Å². The van der Waals surface area contributed by atoms with Gasteiger partial charge >= 0.3 is 0 Å². The third kappa shape index (κ3) is 3.20. The van der Waals surface area contributed by atoms with E-state index in [9.17, 15) is 4.79 Å². The molecule has 0 atom stereocenters. The van der Waals surface area contributed by atoms with Crippen molar-refractivity contribution in [3.05, 3.63) is 30.1 Å². The molecular weight excluding hydrogens is 312 g/mol. The maximum absolute atomic E-state index is 12.6. The van der Waals surface area contributed by atoms with Crippen LogP contribution in [0.5, 0.6) is 0 Å². The number of anilines is 1. The van der Waals surface area contributed by atoms with E-state index in [0.717, 1.165) is 68.0 Å². The van der Waals surface area contributed by atoms with Gasteiger partial charge in [-0.1, -0.05) is 31.9 Å².